The van der Waals surface area contributed by atoms with Crippen LogP contribution >= 0.6 is 15.9 Å². The zero-order valence-corrected chi connectivity index (χ0v) is 9.67. The summed E-state index contributed by atoms with van der Waals surface area (Å²) in [5, 5.41) is 0.662. The largest absolute Gasteiger partial charge is 0.316 e. The van der Waals surface area contributed by atoms with Crippen LogP contribution in [0, 0.1) is 5.82 Å². The van der Waals surface area contributed by atoms with Gasteiger partial charge in [-0.25, -0.2) is 4.39 Å². The normalized spacial score (nSPS) is 9.62. The Bertz CT molecular complexity index is 457. The number of halogens is 2. The predicted molar refractivity (Wildman–Crippen MR) is 73.0 cm³/mol. The van der Waals surface area contributed by atoms with Crippen LogP contribution in [-0.2, 0) is 5.33 Å². The van der Waals surface area contributed by atoms with Crippen molar-refractivity contribution in [1.29, 1.82) is 0 Å². The molecule has 2 aromatic rings. The lowest BCUT2D eigenvalue weighted by Crippen LogP contribution is -1.87. The first-order valence-electron chi connectivity index (χ1n) is 4.71. The van der Waals surface area contributed by atoms with Crippen molar-refractivity contribution >= 4 is 39.0 Å². The van der Waals surface area contributed by atoms with E-state index in [9.17, 15) is 4.39 Å². The number of benzene rings is 2. The van der Waals surface area contributed by atoms with Gasteiger partial charge in [0.2, 0.25) is 0 Å². The van der Waals surface area contributed by atoms with E-state index in [0.29, 0.717) is 5.33 Å². The Morgan fingerprint density at radius 1 is 1.00 bits per heavy atom. The van der Waals surface area contributed by atoms with Gasteiger partial charge in [-0.2, -0.15) is 0 Å². The molecule has 2 rings (SSSR count). The Hall–Kier alpha value is -0.384. The Labute approximate surface area is 119 Å². The highest BCUT2D eigenvalue weighted by atomic mass is 79.9. The molecule has 16 heavy (non-hydrogen) atoms. The Kier molecular flexibility index (Phi) is 5.45. The number of rotatable bonds is 2. The van der Waals surface area contributed by atoms with Gasteiger partial charge < -0.3 is 0 Å². The summed E-state index contributed by atoms with van der Waals surface area (Å²) in [6.45, 7) is 0. The van der Waals surface area contributed by atoms with Crippen LogP contribution in [0.25, 0.3) is 11.1 Å². The second kappa shape index (κ2) is 6.38. The lowest BCUT2D eigenvalue weighted by Gasteiger charge is -2.07. The molecule has 80 valence electrons. The highest BCUT2D eigenvalue weighted by molar-refractivity contribution is 9.08. The van der Waals surface area contributed by atoms with Crippen LogP contribution in [-0.4, -0.2) is 23.1 Å². The van der Waals surface area contributed by atoms with Crippen molar-refractivity contribution in [1.82, 2.24) is 0 Å². The molecule has 0 aromatic heterocycles. The summed E-state index contributed by atoms with van der Waals surface area (Å²) < 4.78 is 13.0. The van der Waals surface area contributed by atoms with E-state index in [1.54, 1.807) is 6.07 Å². The molecular formula is C13H12BrFMg. The van der Waals surface area contributed by atoms with Gasteiger partial charge >= 0.3 is 23.1 Å². The maximum atomic E-state index is 13.0. The van der Waals surface area contributed by atoms with Crippen LogP contribution < -0.4 is 0 Å². The van der Waals surface area contributed by atoms with E-state index in [2.05, 4.69) is 15.9 Å². The highest BCUT2D eigenvalue weighted by Crippen LogP contribution is 2.25. The second-order valence-corrected chi connectivity index (χ2v) is 3.86. The summed E-state index contributed by atoms with van der Waals surface area (Å²) in [6.07, 6.45) is 0. The maximum Gasteiger partial charge on any atom is 0.316 e. The maximum absolute atomic E-state index is 13.0. The summed E-state index contributed by atoms with van der Waals surface area (Å²) in [4.78, 5) is 0. The fourth-order valence-corrected chi connectivity index (χ4v) is 2.04. The smallest absolute Gasteiger partial charge is 0.207 e. The van der Waals surface area contributed by atoms with Gasteiger partial charge in [-0.1, -0.05) is 52.3 Å². The molecule has 0 radical (unpaired) electrons. The molecule has 0 heterocycles. The molecular weight excluding hydrogens is 279 g/mol. The van der Waals surface area contributed by atoms with Crippen molar-refractivity contribution in [2.75, 3.05) is 0 Å². The third-order valence-electron chi connectivity index (χ3n) is 2.30. The van der Waals surface area contributed by atoms with Crippen molar-refractivity contribution in [3.05, 3.63) is 59.9 Å². The van der Waals surface area contributed by atoms with Crippen molar-refractivity contribution in [3.63, 3.8) is 0 Å². The van der Waals surface area contributed by atoms with E-state index in [4.69, 9.17) is 0 Å². The van der Waals surface area contributed by atoms with Crippen LogP contribution in [0.15, 0.2) is 48.5 Å². The molecule has 0 saturated carbocycles. The van der Waals surface area contributed by atoms with Crippen LogP contribution in [0.5, 0.6) is 0 Å². The van der Waals surface area contributed by atoms with Gasteiger partial charge in [0, 0.05) is 5.33 Å². The molecule has 2 aromatic carbocycles. The van der Waals surface area contributed by atoms with Gasteiger partial charge in [0.15, 0.2) is 0 Å². The summed E-state index contributed by atoms with van der Waals surface area (Å²) in [7, 11) is 0. The molecule has 3 heteroatoms. The fourth-order valence-electron chi connectivity index (χ4n) is 1.57. The second-order valence-electron chi connectivity index (χ2n) is 3.30. The minimum atomic E-state index is -0.191. The monoisotopic (exact) mass is 290 g/mol. The third-order valence-corrected chi connectivity index (χ3v) is 2.90. The Balaban J connectivity index is 0.00000128. The van der Waals surface area contributed by atoms with Gasteiger partial charge in [0.1, 0.15) is 5.82 Å². The van der Waals surface area contributed by atoms with Gasteiger partial charge in [-0.15, -0.1) is 0 Å². The standard InChI is InChI=1S/C13H10BrF.Mg.2H/c14-9-11-8-12(15)6-7-13(11)10-4-2-1-3-5-10;;;/h1-8H,9H2;;;. The third kappa shape index (κ3) is 3.06. The molecule has 0 spiro atoms. The zero-order chi connectivity index (χ0) is 10.7. The number of hydrogen-bond acceptors (Lipinski definition) is 0. The quantitative estimate of drug-likeness (QED) is 0.587. The average Bonchev–Trinajstić information content (AvgIpc) is 2.30. The number of alkyl halides is 1. The topological polar surface area (TPSA) is 0 Å². The first-order valence-corrected chi connectivity index (χ1v) is 5.83. The molecule has 0 fully saturated rings. The summed E-state index contributed by atoms with van der Waals surface area (Å²) >= 11 is 3.37. The van der Waals surface area contributed by atoms with E-state index < -0.39 is 0 Å². The van der Waals surface area contributed by atoms with Crippen LogP contribution in [0.4, 0.5) is 4.39 Å². The minimum absolute atomic E-state index is 0. The number of hydrogen-bond donors (Lipinski definition) is 0. The van der Waals surface area contributed by atoms with Crippen LogP contribution in [0.2, 0.25) is 0 Å². The summed E-state index contributed by atoms with van der Waals surface area (Å²) in [6, 6.07) is 14.9. The molecule has 0 unspecified atom stereocenters. The lowest BCUT2D eigenvalue weighted by molar-refractivity contribution is 0.627. The van der Waals surface area contributed by atoms with E-state index in [0.717, 1.165) is 16.7 Å². The molecule has 0 aliphatic carbocycles. The lowest BCUT2D eigenvalue weighted by atomic mass is 10.0. The van der Waals surface area contributed by atoms with Gasteiger partial charge in [0.25, 0.3) is 0 Å². The SMILES string of the molecule is Fc1ccc(-c2ccccc2)c(CBr)c1.[MgH2]. The Morgan fingerprint density at radius 2 is 1.69 bits per heavy atom. The van der Waals surface area contributed by atoms with E-state index in [1.165, 1.54) is 6.07 Å². The molecule has 0 nitrogen and oxygen atoms in total. The molecule has 0 aliphatic heterocycles. The van der Waals surface area contributed by atoms with Crippen LogP contribution in [0.3, 0.4) is 0 Å². The highest BCUT2D eigenvalue weighted by Gasteiger charge is 2.04. The summed E-state index contributed by atoms with van der Waals surface area (Å²) in [5.74, 6) is -0.191. The molecule has 0 atom stereocenters. The van der Waals surface area contributed by atoms with Crippen molar-refractivity contribution in [2.24, 2.45) is 0 Å². The van der Waals surface area contributed by atoms with Gasteiger partial charge in [0.05, 0.1) is 0 Å². The van der Waals surface area contributed by atoms with E-state index >= 15 is 0 Å². The van der Waals surface area contributed by atoms with Crippen molar-refractivity contribution < 1.29 is 4.39 Å². The van der Waals surface area contributed by atoms with Crippen LogP contribution in [0.1, 0.15) is 5.56 Å². The Morgan fingerprint density at radius 3 is 2.31 bits per heavy atom. The fraction of sp³-hybridized carbons (Fsp3) is 0.0769. The molecule has 0 bridgehead atoms. The van der Waals surface area contributed by atoms with Gasteiger partial charge in [-0.05, 0) is 28.8 Å². The molecule has 0 saturated heterocycles. The molecule has 0 N–H and O–H groups in total. The minimum Gasteiger partial charge on any atom is -0.207 e. The van der Waals surface area contributed by atoms with Crippen molar-refractivity contribution in [2.45, 2.75) is 5.33 Å². The predicted octanol–water partition coefficient (Wildman–Crippen LogP) is 3.47. The first-order chi connectivity index (χ1) is 7.31. The van der Waals surface area contributed by atoms with E-state index in [1.807, 2.05) is 36.4 Å². The van der Waals surface area contributed by atoms with E-state index in [-0.39, 0.29) is 28.9 Å². The first kappa shape index (κ1) is 13.7. The zero-order valence-electron chi connectivity index (χ0n) is 8.08. The van der Waals surface area contributed by atoms with Crippen molar-refractivity contribution in [3.8, 4) is 11.1 Å². The average molecular weight is 291 g/mol. The molecule has 0 aliphatic rings. The molecule has 0 amide bonds. The summed E-state index contributed by atoms with van der Waals surface area (Å²) in [5.41, 5.74) is 3.17. The van der Waals surface area contributed by atoms with Gasteiger partial charge in [-0.3, -0.25) is 0 Å².